The molecule has 1 fully saturated rings. The average molecular weight is 302 g/mol. The minimum Gasteiger partial charge on any atom is -0.492 e. The van der Waals surface area contributed by atoms with Gasteiger partial charge in [-0.3, -0.25) is 4.79 Å². The Labute approximate surface area is 132 Å². The van der Waals surface area contributed by atoms with Gasteiger partial charge in [-0.05, 0) is 37.0 Å². The van der Waals surface area contributed by atoms with Crippen molar-refractivity contribution in [3.8, 4) is 5.75 Å². The first-order valence-corrected chi connectivity index (χ1v) is 8.57. The average Bonchev–Trinajstić information content (AvgIpc) is 2.89. The van der Waals surface area contributed by atoms with Crippen molar-refractivity contribution in [2.24, 2.45) is 5.92 Å². The fourth-order valence-electron chi connectivity index (χ4n) is 3.43. The Kier molecular flexibility index (Phi) is 5.33. The first kappa shape index (κ1) is 15.3. The smallest absolute Gasteiger partial charge is 0.224 e. The number of ether oxygens (including phenoxy) is 1. The van der Waals surface area contributed by atoms with Gasteiger partial charge in [0, 0.05) is 30.8 Å². The van der Waals surface area contributed by atoms with Gasteiger partial charge in [0.25, 0.3) is 0 Å². The molecule has 0 radical (unpaired) electrons. The van der Waals surface area contributed by atoms with Gasteiger partial charge in [0.05, 0.1) is 0 Å². The molecule has 1 aromatic carbocycles. The van der Waals surface area contributed by atoms with Crippen LogP contribution in [0.3, 0.4) is 0 Å². The van der Waals surface area contributed by atoms with Crippen LogP contribution >= 0.6 is 0 Å². The second-order valence-corrected chi connectivity index (χ2v) is 6.46. The maximum absolute atomic E-state index is 12.3. The summed E-state index contributed by atoms with van der Waals surface area (Å²) in [4.78, 5) is 12.3. The fraction of sp³-hybridized carbons (Fsp3) is 0.611. The van der Waals surface area contributed by atoms with Crippen molar-refractivity contribution in [3.05, 3.63) is 23.8 Å². The van der Waals surface area contributed by atoms with Gasteiger partial charge in [-0.1, -0.05) is 25.7 Å². The number of carbonyl (C=O) groups is 1. The lowest BCUT2D eigenvalue weighted by Gasteiger charge is -2.14. The molecule has 1 saturated carbocycles. The molecule has 1 aliphatic carbocycles. The van der Waals surface area contributed by atoms with Crippen LogP contribution in [0.1, 0.15) is 50.5 Å². The number of anilines is 1. The van der Waals surface area contributed by atoms with Crippen LogP contribution in [0.2, 0.25) is 0 Å². The molecule has 0 spiro atoms. The second kappa shape index (κ2) is 7.63. The zero-order valence-electron chi connectivity index (χ0n) is 13.2. The van der Waals surface area contributed by atoms with E-state index < -0.39 is 0 Å². The Morgan fingerprint density at radius 2 is 2.05 bits per heavy atom. The van der Waals surface area contributed by atoms with Crippen molar-refractivity contribution in [2.45, 2.75) is 51.5 Å². The molecule has 2 N–H and O–H groups in total. The maximum Gasteiger partial charge on any atom is 0.224 e. The van der Waals surface area contributed by atoms with Crippen LogP contribution in [-0.2, 0) is 11.3 Å². The van der Waals surface area contributed by atoms with Crippen molar-refractivity contribution in [1.82, 2.24) is 5.32 Å². The Bertz CT molecular complexity index is 508. The summed E-state index contributed by atoms with van der Waals surface area (Å²) in [5.41, 5.74) is 1.99. The van der Waals surface area contributed by atoms with E-state index in [1.54, 1.807) is 0 Å². The topological polar surface area (TPSA) is 50.4 Å². The highest BCUT2D eigenvalue weighted by Gasteiger charge is 2.17. The third kappa shape index (κ3) is 4.23. The molecule has 2 aliphatic rings. The number of fused-ring (bicyclic) bond motifs is 1. The molecular formula is C18H26N2O2. The van der Waals surface area contributed by atoms with Crippen molar-refractivity contribution < 1.29 is 9.53 Å². The van der Waals surface area contributed by atoms with Crippen molar-refractivity contribution in [2.75, 3.05) is 18.5 Å². The molecule has 0 bridgehead atoms. The first-order valence-electron chi connectivity index (χ1n) is 8.57. The van der Waals surface area contributed by atoms with Crippen LogP contribution in [0.5, 0.6) is 5.75 Å². The highest BCUT2D eigenvalue weighted by molar-refractivity contribution is 5.91. The summed E-state index contributed by atoms with van der Waals surface area (Å²) in [6.45, 7) is 2.35. The van der Waals surface area contributed by atoms with E-state index in [0.29, 0.717) is 18.9 Å². The summed E-state index contributed by atoms with van der Waals surface area (Å²) in [5.74, 6) is 1.63. The van der Waals surface area contributed by atoms with E-state index in [9.17, 15) is 4.79 Å². The Morgan fingerprint density at radius 3 is 2.86 bits per heavy atom. The van der Waals surface area contributed by atoms with Gasteiger partial charge in [0.2, 0.25) is 5.91 Å². The number of hydrogen-bond acceptors (Lipinski definition) is 3. The monoisotopic (exact) mass is 302 g/mol. The Morgan fingerprint density at radius 1 is 1.23 bits per heavy atom. The van der Waals surface area contributed by atoms with Crippen LogP contribution in [0, 0.1) is 5.92 Å². The highest BCUT2D eigenvalue weighted by atomic mass is 16.5. The molecule has 1 aromatic rings. The SMILES string of the molecule is O=C(CC1CCCCCC1)Nc1ccc2c(c1)CNCCO2. The van der Waals surface area contributed by atoms with Crippen LogP contribution in [0.15, 0.2) is 18.2 Å². The first-order chi connectivity index (χ1) is 10.8. The zero-order chi connectivity index (χ0) is 15.2. The van der Waals surface area contributed by atoms with Crippen molar-refractivity contribution in [3.63, 3.8) is 0 Å². The van der Waals surface area contributed by atoms with Crippen LogP contribution < -0.4 is 15.4 Å². The lowest BCUT2D eigenvalue weighted by molar-refractivity contribution is -0.117. The van der Waals surface area contributed by atoms with Crippen molar-refractivity contribution in [1.29, 1.82) is 0 Å². The van der Waals surface area contributed by atoms with E-state index in [1.807, 2.05) is 18.2 Å². The van der Waals surface area contributed by atoms with E-state index in [0.717, 1.165) is 30.1 Å². The number of amides is 1. The summed E-state index contributed by atoms with van der Waals surface area (Å²) < 4.78 is 5.67. The Balaban J connectivity index is 1.57. The molecule has 0 aromatic heterocycles. The zero-order valence-corrected chi connectivity index (χ0v) is 13.2. The number of hydrogen-bond donors (Lipinski definition) is 2. The quantitative estimate of drug-likeness (QED) is 0.841. The number of benzene rings is 1. The van der Waals surface area contributed by atoms with Gasteiger partial charge in [-0.2, -0.15) is 0 Å². The third-order valence-corrected chi connectivity index (χ3v) is 4.64. The van der Waals surface area contributed by atoms with E-state index in [2.05, 4.69) is 10.6 Å². The maximum atomic E-state index is 12.3. The van der Waals surface area contributed by atoms with E-state index in [4.69, 9.17) is 4.74 Å². The largest absolute Gasteiger partial charge is 0.492 e. The normalized spacial score (nSPS) is 19.5. The summed E-state index contributed by atoms with van der Waals surface area (Å²) in [6, 6.07) is 5.93. The number of carbonyl (C=O) groups excluding carboxylic acids is 1. The fourth-order valence-corrected chi connectivity index (χ4v) is 3.43. The molecule has 0 saturated heterocycles. The van der Waals surface area contributed by atoms with Gasteiger partial charge in [0.1, 0.15) is 12.4 Å². The van der Waals surface area contributed by atoms with Gasteiger partial charge >= 0.3 is 0 Å². The van der Waals surface area contributed by atoms with Gasteiger partial charge in [0.15, 0.2) is 0 Å². The predicted molar refractivity (Wildman–Crippen MR) is 88.1 cm³/mol. The molecular weight excluding hydrogens is 276 g/mol. The van der Waals surface area contributed by atoms with Gasteiger partial charge in [-0.25, -0.2) is 0 Å². The highest BCUT2D eigenvalue weighted by Crippen LogP contribution is 2.27. The second-order valence-electron chi connectivity index (χ2n) is 6.46. The van der Waals surface area contributed by atoms with Crippen LogP contribution in [0.25, 0.3) is 0 Å². The molecule has 4 heteroatoms. The summed E-state index contributed by atoms with van der Waals surface area (Å²) in [7, 11) is 0. The van der Waals surface area contributed by atoms with Crippen LogP contribution in [0.4, 0.5) is 5.69 Å². The molecule has 120 valence electrons. The number of nitrogens with one attached hydrogen (secondary N) is 2. The molecule has 0 unspecified atom stereocenters. The lowest BCUT2D eigenvalue weighted by atomic mass is 9.96. The molecule has 1 amide bonds. The number of rotatable bonds is 3. The third-order valence-electron chi connectivity index (χ3n) is 4.64. The Hall–Kier alpha value is -1.55. The summed E-state index contributed by atoms with van der Waals surface area (Å²) in [6.07, 6.45) is 8.28. The molecule has 22 heavy (non-hydrogen) atoms. The standard InChI is InChI=1S/C18H26N2O2/c21-18(11-14-5-3-1-2-4-6-14)20-16-7-8-17-15(12-16)13-19-9-10-22-17/h7-8,12,14,19H,1-6,9-11,13H2,(H,20,21). The summed E-state index contributed by atoms with van der Waals surface area (Å²) in [5, 5.41) is 6.38. The predicted octanol–water partition coefficient (Wildman–Crippen LogP) is 3.47. The minimum absolute atomic E-state index is 0.148. The molecule has 1 aliphatic heterocycles. The summed E-state index contributed by atoms with van der Waals surface area (Å²) >= 11 is 0. The molecule has 1 heterocycles. The van der Waals surface area contributed by atoms with E-state index >= 15 is 0 Å². The van der Waals surface area contributed by atoms with Crippen LogP contribution in [-0.4, -0.2) is 19.1 Å². The molecule has 0 atom stereocenters. The van der Waals surface area contributed by atoms with Gasteiger partial charge < -0.3 is 15.4 Å². The lowest BCUT2D eigenvalue weighted by Crippen LogP contribution is -2.17. The van der Waals surface area contributed by atoms with E-state index in [1.165, 1.54) is 38.5 Å². The molecule has 4 nitrogen and oxygen atoms in total. The minimum atomic E-state index is 0.148. The van der Waals surface area contributed by atoms with E-state index in [-0.39, 0.29) is 5.91 Å². The van der Waals surface area contributed by atoms with Gasteiger partial charge in [-0.15, -0.1) is 0 Å². The van der Waals surface area contributed by atoms with Crippen molar-refractivity contribution >= 4 is 11.6 Å². The molecule has 3 rings (SSSR count).